The van der Waals surface area contributed by atoms with Gasteiger partial charge in [0.25, 0.3) is 5.91 Å². The standard InChI is InChI=1S/C21H19F3N6O/c1-11(21(22,23)24)28-20(31)16-10-27-30-6-5-13(7-17(16)30)14-8-26-19-15(14)9-25-18(29-19)12-3-2-4-12/h5-12H,2-4H2,1H3,(H,28,31)(H,25,26,29)/t11-/m1/s1. The van der Waals surface area contributed by atoms with Crippen LogP contribution in [0.4, 0.5) is 13.2 Å². The second-order valence-corrected chi connectivity index (χ2v) is 7.86. The monoisotopic (exact) mass is 428 g/mol. The lowest BCUT2D eigenvalue weighted by molar-refractivity contribution is -0.149. The van der Waals surface area contributed by atoms with Crippen molar-refractivity contribution < 1.29 is 18.0 Å². The van der Waals surface area contributed by atoms with Gasteiger partial charge >= 0.3 is 6.18 Å². The van der Waals surface area contributed by atoms with E-state index >= 15 is 0 Å². The number of pyridine rings is 1. The minimum absolute atomic E-state index is 0.0707. The van der Waals surface area contributed by atoms with E-state index in [1.165, 1.54) is 17.1 Å². The third-order valence-electron chi connectivity index (χ3n) is 5.84. The SMILES string of the molecule is C[C@@H](NC(=O)c1cnn2ccc(-c3c[nH]c4nc(C5CCC5)ncc34)cc12)C(F)(F)F. The first kappa shape index (κ1) is 19.5. The quantitative estimate of drug-likeness (QED) is 0.510. The van der Waals surface area contributed by atoms with E-state index in [1.54, 1.807) is 18.5 Å². The van der Waals surface area contributed by atoms with Crippen molar-refractivity contribution in [3.63, 3.8) is 0 Å². The van der Waals surface area contributed by atoms with Crippen LogP contribution in [0.5, 0.6) is 0 Å². The average Bonchev–Trinajstić information content (AvgIpc) is 3.29. The van der Waals surface area contributed by atoms with Gasteiger partial charge in [-0.2, -0.15) is 18.3 Å². The second kappa shape index (κ2) is 7.07. The van der Waals surface area contributed by atoms with Gasteiger partial charge in [0.05, 0.1) is 17.3 Å². The van der Waals surface area contributed by atoms with E-state index in [2.05, 4.69) is 20.1 Å². The van der Waals surface area contributed by atoms with Gasteiger partial charge < -0.3 is 10.3 Å². The zero-order valence-electron chi connectivity index (χ0n) is 16.6. The maximum atomic E-state index is 12.8. The lowest BCUT2D eigenvalue weighted by Gasteiger charge is -2.23. The summed E-state index contributed by atoms with van der Waals surface area (Å²) in [5.41, 5.74) is 2.83. The Morgan fingerprint density at radius 1 is 1.32 bits per heavy atom. The number of aromatic amines is 1. The molecule has 0 saturated heterocycles. The molecule has 0 aromatic carbocycles. The first-order valence-electron chi connectivity index (χ1n) is 10.0. The molecule has 7 nitrogen and oxygen atoms in total. The minimum Gasteiger partial charge on any atom is -0.345 e. The van der Waals surface area contributed by atoms with E-state index < -0.39 is 18.1 Å². The van der Waals surface area contributed by atoms with Crippen LogP contribution < -0.4 is 5.32 Å². The van der Waals surface area contributed by atoms with E-state index in [0.717, 1.165) is 47.8 Å². The highest BCUT2D eigenvalue weighted by molar-refractivity contribution is 6.02. The summed E-state index contributed by atoms with van der Waals surface area (Å²) in [6.07, 6.45) is 5.43. The van der Waals surface area contributed by atoms with Gasteiger partial charge in [-0.15, -0.1) is 0 Å². The molecule has 5 rings (SSSR count). The molecule has 4 heterocycles. The molecule has 1 aliphatic rings. The Bertz CT molecular complexity index is 1290. The van der Waals surface area contributed by atoms with Gasteiger partial charge in [0.1, 0.15) is 17.5 Å². The number of nitrogens with one attached hydrogen (secondary N) is 2. The van der Waals surface area contributed by atoms with Gasteiger partial charge in [0.2, 0.25) is 0 Å². The molecule has 1 fully saturated rings. The molecule has 1 aliphatic carbocycles. The van der Waals surface area contributed by atoms with Crippen LogP contribution >= 0.6 is 0 Å². The number of nitrogens with zero attached hydrogens (tertiary/aromatic N) is 4. The van der Waals surface area contributed by atoms with Crippen molar-refractivity contribution in [1.82, 2.24) is 29.9 Å². The normalized spacial score (nSPS) is 15.9. The maximum Gasteiger partial charge on any atom is 0.408 e. The van der Waals surface area contributed by atoms with Crippen molar-refractivity contribution in [2.45, 2.75) is 44.3 Å². The summed E-state index contributed by atoms with van der Waals surface area (Å²) in [5.74, 6) is 0.431. The van der Waals surface area contributed by atoms with E-state index in [1.807, 2.05) is 17.6 Å². The molecule has 1 saturated carbocycles. The fraction of sp³-hybridized carbons (Fsp3) is 0.333. The Kier molecular flexibility index (Phi) is 4.45. The van der Waals surface area contributed by atoms with Crippen LogP contribution in [0.25, 0.3) is 27.7 Å². The Morgan fingerprint density at radius 3 is 2.84 bits per heavy atom. The lowest BCUT2D eigenvalue weighted by atomic mass is 9.85. The maximum absolute atomic E-state index is 12.8. The molecule has 0 bridgehead atoms. The van der Waals surface area contributed by atoms with Crippen molar-refractivity contribution in [2.75, 3.05) is 0 Å². The molecule has 0 radical (unpaired) electrons. The fourth-order valence-corrected chi connectivity index (χ4v) is 3.70. The highest BCUT2D eigenvalue weighted by Gasteiger charge is 2.37. The number of alkyl halides is 3. The number of hydrogen-bond donors (Lipinski definition) is 2. The number of amides is 1. The van der Waals surface area contributed by atoms with Gasteiger partial charge in [-0.05, 0) is 37.5 Å². The Balaban J connectivity index is 1.50. The van der Waals surface area contributed by atoms with E-state index in [9.17, 15) is 18.0 Å². The molecule has 10 heteroatoms. The summed E-state index contributed by atoms with van der Waals surface area (Å²) in [6.45, 7) is 0.902. The molecule has 2 N–H and O–H groups in total. The number of carbonyl (C=O) groups excluding carboxylic acids is 1. The van der Waals surface area contributed by atoms with Crippen molar-refractivity contribution >= 4 is 22.5 Å². The predicted molar refractivity (Wildman–Crippen MR) is 108 cm³/mol. The molecule has 0 unspecified atom stereocenters. The minimum atomic E-state index is -4.52. The molecule has 31 heavy (non-hydrogen) atoms. The van der Waals surface area contributed by atoms with E-state index in [-0.39, 0.29) is 5.56 Å². The number of H-pyrrole nitrogens is 1. The number of rotatable bonds is 4. The summed E-state index contributed by atoms with van der Waals surface area (Å²) in [4.78, 5) is 24.8. The molecule has 160 valence electrons. The Hall–Kier alpha value is -3.43. The molecular formula is C21H19F3N6O. The summed E-state index contributed by atoms with van der Waals surface area (Å²) in [7, 11) is 0. The van der Waals surface area contributed by atoms with Crippen LogP contribution in [-0.2, 0) is 0 Å². The summed E-state index contributed by atoms with van der Waals surface area (Å²) in [5, 5.41) is 6.90. The molecular weight excluding hydrogens is 409 g/mol. The predicted octanol–water partition coefficient (Wildman–Crippen LogP) is 4.22. The smallest absolute Gasteiger partial charge is 0.345 e. The van der Waals surface area contributed by atoms with E-state index in [4.69, 9.17) is 0 Å². The topological polar surface area (TPSA) is 88.0 Å². The molecule has 0 spiro atoms. The Morgan fingerprint density at radius 2 is 2.13 bits per heavy atom. The number of aromatic nitrogens is 5. The number of halogens is 3. The highest BCUT2D eigenvalue weighted by Crippen LogP contribution is 2.36. The number of fused-ring (bicyclic) bond motifs is 2. The second-order valence-electron chi connectivity index (χ2n) is 7.86. The molecule has 1 atom stereocenters. The van der Waals surface area contributed by atoms with Crippen LogP contribution in [0.3, 0.4) is 0 Å². The van der Waals surface area contributed by atoms with Crippen LogP contribution in [-0.4, -0.2) is 42.7 Å². The zero-order chi connectivity index (χ0) is 21.8. The lowest BCUT2D eigenvalue weighted by Crippen LogP contribution is -2.43. The van der Waals surface area contributed by atoms with Crippen LogP contribution in [0.15, 0.2) is 36.9 Å². The highest BCUT2D eigenvalue weighted by atomic mass is 19.4. The van der Waals surface area contributed by atoms with Crippen LogP contribution in [0.1, 0.15) is 48.3 Å². The Labute approximate surface area is 174 Å². The van der Waals surface area contributed by atoms with Gasteiger partial charge in [-0.25, -0.2) is 14.5 Å². The van der Waals surface area contributed by atoms with Gasteiger partial charge in [-0.3, -0.25) is 4.79 Å². The van der Waals surface area contributed by atoms with Gasteiger partial charge in [0.15, 0.2) is 0 Å². The summed E-state index contributed by atoms with van der Waals surface area (Å²) >= 11 is 0. The summed E-state index contributed by atoms with van der Waals surface area (Å²) < 4.78 is 39.9. The van der Waals surface area contributed by atoms with E-state index in [0.29, 0.717) is 11.4 Å². The summed E-state index contributed by atoms with van der Waals surface area (Å²) in [6, 6.07) is 1.58. The van der Waals surface area contributed by atoms with Crippen molar-refractivity contribution in [3.8, 4) is 11.1 Å². The van der Waals surface area contributed by atoms with Crippen LogP contribution in [0, 0.1) is 0 Å². The van der Waals surface area contributed by atoms with Crippen LogP contribution in [0.2, 0.25) is 0 Å². The largest absolute Gasteiger partial charge is 0.408 e. The molecule has 0 aliphatic heterocycles. The number of carbonyl (C=O) groups is 1. The van der Waals surface area contributed by atoms with Crippen molar-refractivity contribution in [2.24, 2.45) is 0 Å². The molecule has 4 aromatic rings. The molecule has 1 amide bonds. The third-order valence-corrected chi connectivity index (χ3v) is 5.84. The first-order chi connectivity index (χ1) is 14.8. The first-order valence-corrected chi connectivity index (χ1v) is 10.0. The third kappa shape index (κ3) is 3.41. The fourth-order valence-electron chi connectivity index (χ4n) is 3.70. The molecule has 4 aromatic heterocycles. The van der Waals surface area contributed by atoms with Crippen molar-refractivity contribution in [3.05, 3.63) is 48.3 Å². The zero-order valence-corrected chi connectivity index (χ0v) is 16.6. The number of hydrogen-bond acceptors (Lipinski definition) is 4. The van der Waals surface area contributed by atoms with Gasteiger partial charge in [-0.1, -0.05) is 6.42 Å². The van der Waals surface area contributed by atoms with Gasteiger partial charge in [0, 0.05) is 35.5 Å². The van der Waals surface area contributed by atoms with Crippen molar-refractivity contribution in [1.29, 1.82) is 0 Å². The average molecular weight is 428 g/mol.